The van der Waals surface area contributed by atoms with Gasteiger partial charge in [0.15, 0.2) is 5.11 Å². The van der Waals surface area contributed by atoms with Crippen molar-refractivity contribution in [1.29, 1.82) is 0 Å². The average molecular weight is 478 g/mol. The monoisotopic (exact) mass is 477 g/mol. The maximum atomic E-state index is 12.4. The van der Waals surface area contributed by atoms with Crippen molar-refractivity contribution in [1.82, 2.24) is 10.6 Å². The molecule has 154 valence electrons. The number of benzene rings is 2. The van der Waals surface area contributed by atoms with Crippen LogP contribution in [0.15, 0.2) is 46.9 Å². The molecule has 0 saturated carbocycles. The van der Waals surface area contributed by atoms with E-state index < -0.39 is 0 Å². The summed E-state index contributed by atoms with van der Waals surface area (Å²) in [5.41, 5.74) is 1.58. The molecular weight excluding hydrogens is 454 g/mol. The molecule has 8 heteroatoms. The van der Waals surface area contributed by atoms with Crippen molar-refractivity contribution in [2.24, 2.45) is 0 Å². The molecule has 0 aliphatic rings. The summed E-state index contributed by atoms with van der Waals surface area (Å²) in [6, 6.07) is 12.0. The van der Waals surface area contributed by atoms with Gasteiger partial charge in [0.05, 0.1) is 11.1 Å². The summed E-state index contributed by atoms with van der Waals surface area (Å²) in [6.45, 7) is 5.13. The zero-order valence-electron chi connectivity index (χ0n) is 16.4. The van der Waals surface area contributed by atoms with Gasteiger partial charge in [-0.3, -0.25) is 14.9 Å². The summed E-state index contributed by atoms with van der Waals surface area (Å²) in [4.78, 5) is 24.6. The van der Waals surface area contributed by atoms with Crippen LogP contribution in [0.25, 0.3) is 0 Å². The molecule has 0 unspecified atom stereocenters. The fourth-order valence-electron chi connectivity index (χ4n) is 2.47. The summed E-state index contributed by atoms with van der Waals surface area (Å²) < 4.78 is 6.13. The standard InChI is InChI=1S/C21H24BrN3O3S/c1-3-5-11-23-19(26)14-7-6-8-16(12-14)24-21(29)25-20(27)15-9-10-18(28-4-2)17(22)13-15/h6-10,12-13H,3-5,11H2,1-2H3,(H,23,26)(H2,24,25,27,29). The lowest BCUT2D eigenvalue weighted by molar-refractivity contribution is 0.0950. The van der Waals surface area contributed by atoms with Crippen LogP contribution in [-0.2, 0) is 0 Å². The van der Waals surface area contributed by atoms with Gasteiger partial charge in [-0.05, 0) is 77.9 Å². The molecule has 3 N–H and O–H groups in total. The first-order valence-electron chi connectivity index (χ1n) is 9.37. The van der Waals surface area contributed by atoms with Crippen LogP contribution in [-0.4, -0.2) is 30.1 Å². The second kappa shape index (κ2) is 11.5. The zero-order chi connectivity index (χ0) is 21.2. The molecule has 2 amide bonds. The number of thiocarbonyl (C=S) groups is 1. The van der Waals surface area contributed by atoms with Crippen LogP contribution in [0, 0.1) is 0 Å². The van der Waals surface area contributed by atoms with E-state index in [-0.39, 0.29) is 16.9 Å². The second-order valence-electron chi connectivity index (χ2n) is 6.18. The van der Waals surface area contributed by atoms with E-state index in [1.807, 2.05) is 6.92 Å². The largest absolute Gasteiger partial charge is 0.493 e. The predicted molar refractivity (Wildman–Crippen MR) is 123 cm³/mol. The van der Waals surface area contributed by atoms with E-state index in [1.54, 1.807) is 42.5 Å². The summed E-state index contributed by atoms with van der Waals surface area (Å²) in [6.07, 6.45) is 1.95. The van der Waals surface area contributed by atoms with Crippen LogP contribution in [0.2, 0.25) is 0 Å². The van der Waals surface area contributed by atoms with E-state index in [0.29, 0.717) is 40.2 Å². The Morgan fingerprint density at radius 1 is 1.07 bits per heavy atom. The lowest BCUT2D eigenvalue weighted by Crippen LogP contribution is -2.34. The van der Waals surface area contributed by atoms with Crippen molar-refractivity contribution in [2.45, 2.75) is 26.7 Å². The number of carbonyl (C=O) groups is 2. The molecule has 6 nitrogen and oxygen atoms in total. The third-order valence-corrected chi connectivity index (χ3v) is 4.74. The molecule has 0 aliphatic carbocycles. The van der Waals surface area contributed by atoms with Gasteiger partial charge in [-0.15, -0.1) is 0 Å². The molecule has 0 aliphatic heterocycles. The number of unbranched alkanes of at least 4 members (excludes halogenated alkanes) is 1. The van der Waals surface area contributed by atoms with Gasteiger partial charge in [0.25, 0.3) is 11.8 Å². The van der Waals surface area contributed by atoms with Crippen LogP contribution in [0.5, 0.6) is 5.75 Å². The lowest BCUT2D eigenvalue weighted by Gasteiger charge is -2.12. The molecule has 2 rings (SSSR count). The Morgan fingerprint density at radius 2 is 1.83 bits per heavy atom. The van der Waals surface area contributed by atoms with Crippen molar-refractivity contribution in [3.8, 4) is 5.75 Å². The minimum atomic E-state index is -0.347. The van der Waals surface area contributed by atoms with Crippen molar-refractivity contribution in [2.75, 3.05) is 18.5 Å². The first-order chi connectivity index (χ1) is 13.9. The van der Waals surface area contributed by atoms with Crippen LogP contribution in [0.3, 0.4) is 0 Å². The number of hydrogen-bond donors (Lipinski definition) is 3. The van der Waals surface area contributed by atoms with Crippen molar-refractivity contribution >= 4 is 50.8 Å². The third kappa shape index (κ3) is 7.14. The van der Waals surface area contributed by atoms with E-state index in [4.69, 9.17) is 17.0 Å². The molecule has 0 radical (unpaired) electrons. The molecule has 0 heterocycles. The Bertz CT molecular complexity index is 889. The van der Waals surface area contributed by atoms with Crippen LogP contribution in [0.1, 0.15) is 47.4 Å². The van der Waals surface area contributed by atoms with Gasteiger partial charge in [-0.2, -0.15) is 0 Å². The van der Waals surface area contributed by atoms with Gasteiger partial charge in [0.1, 0.15) is 5.75 Å². The van der Waals surface area contributed by atoms with E-state index in [1.165, 1.54) is 0 Å². The van der Waals surface area contributed by atoms with Gasteiger partial charge in [-0.25, -0.2) is 0 Å². The van der Waals surface area contributed by atoms with Crippen LogP contribution >= 0.6 is 28.1 Å². The van der Waals surface area contributed by atoms with E-state index >= 15 is 0 Å². The minimum Gasteiger partial charge on any atom is -0.493 e. The Balaban J connectivity index is 1.96. The van der Waals surface area contributed by atoms with Crippen molar-refractivity contribution in [3.05, 3.63) is 58.1 Å². The van der Waals surface area contributed by atoms with E-state index in [0.717, 1.165) is 12.8 Å². The van der Waals surface area contributed by atoms with E-state index in [9.17, 15) is 9.59 Å². The second-order valence-corrected chi connectivity index (χ2v) is 7.44. The normalized spacial score (nSPS) is 10.2. The smallest absolute Gasteiger partial charge is 0.257 e. The lowest BCUT2D eigenvalue weighted by atomic mass is 10.2. The topological polar surface area (TPSA) is 79.5 Å². The first-order valence-corrected chi connectivity index (χ1v) is 10.6. The van der Waals surface area contributed by atoms with E-state index in [2.05, 4.69) is 38.8 Å². The predicted octanol–water partition coefficient (Wildman–Crippen LogP) is 4.50. The fourth-order valence-corrected chi connectivity index (χ4v) is 3.18. The highest BCUT2D eigenvalue weighted by Gasteiger charge is 2.12. The zero-order valence-corrected chi connectivity index (χ0v) is 18.8. The number of ether oxygens (including phenoxy) is 1. The van der Waals surface area contributed by atoms with Gasteiger partial charge >= 0.3 is 0 Å². The summed E-state index contributed by atoms with van der Waals surface area (Å²) >= 11 is 8.62. The maximum Gasteiger partial charge on any atom is 0.257 e. The number of rotatable bonds is 8. The molecule has 0 saturated heterocycles. The Kier molecular flexibility index (Phi) is 9.08. The minimum absolute atomic E-state index is 0.142. The van der Waals surface area contributed by atoms with Gasteiger partial charge < -0.3 is 15.4 Å². The Labute approximate surface area is 184 Å². The van der Waals surface area contributed by atoms with Gasteiger partial charge in [0, 0.05) is 23.4 Å². The quantitative estimate of drug-likeness (QED) is 0.385. The summed E-state index contributed by atoms with van der Waals surface area (Å²) in [5.74, 6) is 0.176. The number of carbonyl (C=O) groups excluding carboxylic acids is 2. The highest BCUT2D eigenvalue weighted by Crippen LogP contribution is 2.26. The number of amides is 2. The molecule has 29 heavy (non-hydrogen) atoms. The third-order valence-electron chi connectivity index (χ3n) is 3.92. The highest BCUT2D eigenvalue weighted by atomic mass is 79.9. The highest BCUT2D eigenvalue weighted by molar-refractivity contribution is 9.10. The molecule has 0 spiro atoms. The Morgan fingerprint density at radius 3 is 2.52 bits per heavy atom. The fraction of sp³-hybridized carbons (Fsp3) is 0.286. The molecule has 0 bridgehead atoms. The van der Waals surface area contributed by atoms with Gasteiger partial charge in [0.2, 0.25) is 0 Å². The molecule has 0 aromatic heterocycles. The number of anilines is 1. The first kappa shape index (κ1) is 22.8. The summed E-state index contributed by atoms with van der Waals surface area (Å²) in [5, 5.41) is 8.58. The maximum absolute atomic E-state index is 12.4. The molecule has 2 aromatic carbocycles. The van der Waals surface area contributed by atoms with Crippen molar-refractivity contribution < 1.29 is 14.3 Å². The molecule has 0 atom stereocenters. The van der Waals surface area contributed by atoms with Gasteiger partial charge in [-0.1, -0.05) is 19.4 Å². The number of hydrogen-bond acceptors (Lipinski definition) is 4. The molecule has 0 fully saturated rings. The SMILES string of the molecule is CCCCNC(=O)c1cccc(NC(=S)NC(=O)c2ccc(OCC)c(Br)c2)c1. The average Bonchev–Trinajstić information content (AvgIpc) is 2.69. The number of nitrogens with one attached hydrogen (secondary N) is 3. The van der Waals surface area contributed by atoms with Crippen molar-refractivity contribution in [3.63, 3.8) is 0 Å². The molecular formula is C21H24BrN3O3S. The summed E-state index contributed by atoms with van der Waals surface area (Å²) in [7, 11) is 0. The molecule has 2 aromatic rings. The van der Waals surface area contributed by atoms with Crippen LogP contribution < -0.4 is 20.7 Å². The Hall–Kier alpha value is -2.45. The van der Waals surface area contributed by atoms with Crippen LogP contribution in [0.4, 0.5) is 5.69 Å². The number of halogens is 1.